The molecule has 0 radical (unpaired) electrons. The fraction of sp³-hybridized carbons (Fsp3) is 0.933. The molecule has 9 heteroatoms. The molecule has 142 valence electrons. The van der Waals surface area contributed by atoms with Crippen molar-refractivity contribution in [2.45, 2.75) is 82.9 Å². The predicted molar refractivity (Wildman–Crippen MR) is 73.4 cm³/mol. The Hall–Kier alpha value is -1.15. The van der Waals surface area contributed by atoms with Gasteiger partial charge >= 0.3 is 24.1 Å². The predicted octanol–water partition coefficient (Wildman–Crippen LogP) is 5.77. The van der Waals surface area contributed by atoms with Crippen LogP contribution in [0.15, 0.2) is 0 Å². The van der Waals surface area contributed by atoms with Crippen molar-refractivity contribution < 1.29 is 40.6 Å². The normalized spacial score (nSPS) is 18.4. The van der Waals surface area contributed by atoms with Gasteiger partial charge < -0.3 is 9.47 Å². The second kappa shape index (κ2) is 7.00. The summed E-state index contributed by atoms with van der Waals surface area (Å²) in [6.45, 7) is 3.95. The Morgan fingerprint density at radius 3 is 1.71 bits per heavy atom. The molecule has 0 aromatic carbocycles. The van der Waals surface area contributed by atoms with Crippen molar-refractivity contribution in [3.63, 3.8) is 0 Å². The zero-order valence-corrected chi connectivity index (χ0v) is 13.8. The Morgan fingerprint density at radius 2 is 1.33 bits per heavy atom. The van der Waals surface area contributed by atoms with E-state index in [0.717, 1.165) is 6.42 Å². The van der Waals surface area contributed by atoms with E-state index in [1.807, 2.05) is 0 Å². The maximum atomic E-state index is 13.4. The van der Waals surface area contributed by atoms with Crippen LogP contribution in [0.1, 0.15) is 59.3 Å². The average Bonchev–Trinajstić information content (AvgIpc) is 2.34. The van der Waals surface area contributed by atoms with Gasteiger partial charge in [-0.3, -0.25) is 0 Å². The summed E-state index contributed by atoms with van der Waals surface area (Å²) in [7, 11) is 0. The molecule has 0 aromatic rings. The molecule has 0 amide bonds. The number of carbonyl (C=O) groups excluding carboxylic acids is 1. The molecule has 1 aliphatic carbocycles. The van der Waals surface area contributed by atoms with Gasteiger partial charge in [-0.2, -0.15) is 26.3 Å². The molecule has 0 spiro atoms. The Balaban J connectivity index is 3.14. The molecule has 0 saturated heterocycles. The third-order valence-corrected chi connectivity index (χ3v) is 3.86. The molecule has 1 rings (SSSR count). The van der Waals surface area contributed by atoms with Crippen LogP contribution < -0.4 is 0 Å². The molecule has 1 saturated carbocycles. The van der Waals surface area contributed by atoms with Gasteiger partial charge in [0.1, 0.15) is 5.60 Å². The van der Waals surface area contributed by atoms with E-state index < -0.39 is 42.0 Å². The van der Waals surface area contributed by atoms with E-state index in [1.54, 1.807) is 0 Å². The van der Waals surface area contributed by atoms with E-state index >= 15 is 0 Å². The summed E-state index contributed by atoms with van der Waals surface area (Å²) in [5, 5.41) is 0. The molecule has 0 aromatic heterocycles. The van der Waals surface area contributed by atoms with E-state index in [1.165, 1.54) is 20.8 Å². The van der Waals surface area contributed by atoms with E-state index in [0.29, 0.717) is 12.8 Å². The molecule has 0 aliphatic heterocycles. The van der Waals surface area contributed by atoms with E-state index in [9.17, 15) is 31.1 Å². The van der Waals surface area contributed by atoms with Gasteiger partial charge in [-0.1, -0.05) is 32.1 Å². The highest BCUT2D eigenvalue weighted by Crippen LogP contribution is 2.51. The van der Waals surface area contributed by atoms with E-state index in [-0.39, 0.29) is 12.8 Å². The van der Waals surface area contributed by atoms with Gasteiger partial charge in [-0.25, -0.2) is 4.79 Å². The highest BCUT2D eigenvalue weighted by Gasteiger charge is 2.74. The lowest BCUT2D eigenvalue weighted by Gasteiger charge is -2.39. The number of alkyl halides is 6. The average molecular weight is 364 g/mol. The Labute approximate surface area is 136 Å². The van der Waals surface area contributed by atoms with Crippen LogP contribution >= 0.6 is 0 Å². The molecule has 3 nitrogen and oxygen atoms in total. The topological polar surface area (TPSA) is 35.5 Å². The van der Waals surface area contributed by atoms with Crippen LogP contribution in [0, 0.1) is 5.92 Å². The highest BCUT2D eigenvalue weighted by molar-refractivity contribution is 5.61. The molecule has 0 atom stereocenters. The zero-order valence-electron chi connectivity index (χ0n) is 13.8. The third-order valence-electron chi connectivity index (χ3n) is 3.86. The van der Waals surface area contributed by atoms with Gasteiger partial charge in [-0.05, 0) is 26.7 Å². The molecule has 0 heterocycles. The molecule has 0 unspecified atom stereocenters. The third kappa shape index (κ3) is 5.17. The van der Waals surface area contributed by atoms with Crippen LogP contribution in [0.25, 0.3) is 0 Å². The SMILES string of the molecule is CC(C)(C)OC(=O)OC(CC1CCCCC1)(C(F)(F)F)C(F)(F)F. The smallest absolute Gasteiger partial charge is 0.429 e. The minimum atomic E-state index is -5.79. The second-order valence-corrected chi connectivity index (χ2v) is 7.10. The molecular formula is C15H22F6O3. The number of ether oxygens (including phenoxy) is 2. The lowest BCUT2D eigenvalue weighted by Crippen LogP contribution is -2.61. The fourth-order valence-corrected chi connectivity index (χ4v) is 2.76. The van der Waals surface area contributed by atoms with Crippen molar-refractivity contribution in [2.75, 3.05) is 0 Å². The van der Waals surface area contributed by atoms with Crippen molar-refractivity contribution in [1.29, 1.82) is 0 Å². The number of halogens is 6. The van der Waals surface area contributed by atoms with Crippen molar-refractivity contribution in [1.82, 2.24) is 0 Å². The van der Waals surface area contributed by atoms with Crippen LogP contribution in [-0.4, -0.2) is 29.7 Å². The van der Waals surface area contributed by atoms with Crippen LogP contribution in [0.5, 0.6) is 0 Å². The molecule has 1 aliphatic rings. The molecular weight excluding hydrogens is 342 g/mol. The van der Waals surface area contributed by atoms with Gasteiger partial charge in [0.2, 0.25) is 0 Å². The lowest BCUT2D eigenvalue weighted by atomic mass is 9.80. The summed E-state index contributed by atoms with van der Waals surface area (Å²) in [5.74, 6) is -0.815. The van der Waals surface area contributed by atoms with Crippen LogP contribution in [0.4, 0.5) is 31.1 Å². The van der Waals surface area contributed by atoms with Crippen LogP contribution in [0.2, 0.25) is 0 Å². The van der Waals surface area contributed by atoms with Gasteiger partial charge in [0.05, 0.1) is 0 Å². The van der Waals surface area contributed by atoms with Gasteiger partial charge in [-0.15, -0.1) is 0 Å². The molecule has 24 heavy (non-hydrogen) atoms. The van der Waals surface area contributed by atoms with Gasteiger partial charge in [0, 0.05) is 6.42 Å². The minimum absolute atomic E-state index is 0.242. The van der Waals surface area contributed by atoms with Crippen LogP contribution in [-0.2, 0) is 9.47 Å². The summed E-state index contributed by atoms with van der Waals surface area (Å²) in [4.78, 5) is 11.6. The largest absolute Gasteiger partial charge is 0.510 e. The lowest BCUT2D eigenvalue weighted by molar-refractivity contribution is -0.374. The van der Waals surface area contributed by atoms with Gasteiger partial charge in [0.25, 0.3) is 0 Å². The van der Waals surface area contributed by atoms with Crippen molar-refractivity contribution in [3.05, 3.63) is 0 Å². The van der Waals surface area contributed by atoms with Crippen molar-refractivity contribution in [2.24, 2.45) is 5.92 Å². The highest BCUT2D eigenvalue weighted by atomic mass is 19.4. The second-order valence-electron chi connectivity index (χ2n) is 7.10. The van der Waals surface area contributed by atoms with E-state index in [4.69, 9.17) is 0 Å². The first-order valence-electron chi connectivity index (χ1n) is 7.73. The minimum Gasteiger partial charge on any atom is -0.429 e. The zero-order chi connectivity index (χ0) is 18.8. The van der Waals surface area contributed by atoms with Crippen molar-refractivity contribution >= 4 is 6.16 Å². The molecule has 0 bridgehead atoms. The first-order chi connectivity index (χ1) is 10.7. The molecule has 1 fully saturated rings. The summed E-state index contributed by atoms with van der Waals surface area (Å²) < 4.78 is 88.6. The maximum absolute atomic E-state index is 13.4. The number of carbonyl (C=O) groups is 1. The Kier molecular flexibility index (Phi) is 6.09. The maximum Gasteiger partial charge on any atom is 0.510 e. The van der Waals surface area contributed by atoms with Crippen molar-refractivity contribution in [3.8, 4) is 0 Å². The summed E-state index contributed by atoms with van der Waals surface area (Å²) in [5.41, 5.74) is -5.82. The fourth-order valence-electron chi connectivity index (χ4n) is 2.76. The van der Waals surface area contributed by atoms with Crippen LogP contribution in [0.3, 0.4) is 0 Å². The van der Waals surface area contributed by atoms with E-state index in [2.05, 4.69) is 9.47 Å². The molecule has 0 N–H and O–H groups in total. The number of hydrogen-bond donors (Lipinski definition) is 0. The standard InChI is InChI=1S/C15H22F6O3/c1-12(2,3)23-11(22)24-13(14(16,17)18,15(19,20)21)9-10-7-5-4-6-8-10/h10H,4-9H2,1-3H3. The monoisotopic (exact) mass is 364 g/mol. The summed E-state index contributed by atoms with van der Waals surface area (Å²) in [6, 6.07) is 0. The number of hydrogen-bond acceptors (Lipinski definition) is 3. The summed E-state index contributed by atoms with van der Waals surface area (Å²) >= 11 is 0. The van der Waals surface area contributed by atoms with Gasteiger partial charge in [0.15, 0.2) is 0 Å². The first kappa shape index (κ1) is 20.9. The Morgan fingerprint density at radius 1 is 0.875 bits per heavy atom. The quantitative estimate of drug-likeness (QED) is 0.471. The first-order valence-corrected chi connectivity index (χ1v) is 7.73. The summed E-state index contributed by atoms with van der Waals surface area (Å²) in [6.07, 6.45) is -12.5. The Bertz CT molecular complexity index is 416. The number of rotatable bonds is 3.